The number of nitrogen functional groups attached to an aromatic ring is 1. The lowest BCUT2D eigenvalue weighted by atomic mass is 10.4. The molecule has 0 saturated carbocycles. The van der Waals surface area contributed by atoms with Crippen LogP contribution in [0.1, 0.15) is 6.42 Å². The third kappa shape index (κ3) is 4.09. The van der Waals surface area contributed by atoms with Gasteiger partial charge in [-0.3, -0.25) is 4.98 Å². The Balaban J connectivity index is 2.25. The monoisotopic (exact) mass is 195 g/mol. The summed E-state index contributed by atoms with van der Waals surface area (Å²) >= 11 is 0. The van der Waals surface area contributed by atoms with Crippen LogP contribution in [0.25, 0.3) is 0 Å². The molecule has 1 aromatic rings. The van der Waals surface area contributed by atoms with Gasteiger partial charge in [0.05, 0.1) is 24.7 Å². The van der Waals surface area contributed by atoms with Crippen molar-refractivity contribution in [1.82, 2.24) is 9.88 Å². The average Bonchev–Trinajstić information content (AvgIpc) is 2.12. The van der Waals surface area contributed by atoms with Crippen LogP contribution in [0, 0.1) is 0 Å². The van der Waals surface area contributed by atoms with Crippen molar-refractivity contribution in [1.29, 1.82) is 0 Å². The number of anilines is 1. The highest BCUT2D eigenvalue weighted by molar-refractivity contribution is 5.39. The molecule has 4 heteroatoms. The fourth-order valence-electron chi connectivity index (χ4n) is 1.09. The van der Waals surface area contributed by atoms with Gasteiger partial charge in [0.2, 0.25) is 0 Å². The SMILES string of the molecule is CN(C)CCCOc1cncc(N)c1. The Hall–Kier alpha value is -1.29. The molecule has 0 bridgehead atoms. The number of aromatic nitrogens is 1. The predicted octanol–water partition coefficient (Wildman–Crippen LogP) is 0.994. The van der Waals surface area contributed by atoms with Gasteiger partial charge in [-0.1, -0.05) is 0 Å². The minimum atomic E-state index is 0.634. The number of ether oxygens (including phenoxy) is 1. The molecule has 0 fully saturated rings. The summed E-state index contributed by atoms with van der Waals surface area (Å²) in [5.74, 6) is 0.740. The summed E-state index contributed by atoms with van der Waals surface area (Å²) in [5.41, 5.74) is 6.19. The van der Waals surface area contributed by atoms with E-state index < -0.39 is 0 Å². The van der Waals surface area contributed by atoms with Gasteiger partial charge in [-0.05, 0) is 20.5 Å². The maximum Gasteiger partial charge on any atom is 0.139 e. The van der Waals surface area contributed by atoms with Crippen molar-refractivity contribution < 1.29 is 4.74 Å². The van der Waals surface area contributed by atoms with Crippen molar-refractivity contribution in [2.24, 2.45) is 0 Å². The van der Waals surface area contributed by atoms with E-state index in [1.165, 1.54) is 0 Å². The molecule has 0 aromatic carbocycles. The molecule has 0 atom stereocenters. The highest BCUT2D eigenvalue weighted by Gasteiger charge is 1.95. The van der Waals surface area contributed by atoms with Gasteiger partial charge in [-0.15, -0.1) is 0 Å². The lowest BCUT2D eigenvalue weighted by Crippen LogP contribution is -2.15. The third-order valence-corrected chi connectivity index (χ3v) is 1.75. The first-order valence-corrected chi connectivity index (χ1v) is 4.66. The Labute approximate surface area is 84.7 Å². The minimum absolute atomic E-state index is 0.634. The van der Waals surface area contributed by atoms with Crippen molar-refractivity contribution in [3.8, 4) is 5.75 Å². The molecule has 0 aliphatic heterocycles. The van der Waals surface area contributed by atoms with Crippen LogP contribution in [0.15, 0.2) is 18.5 Å². The van der Waals surface area contributed by atoms with Crippen LogP contribution in [0.2, 0.25) is 0 Å². The summed E-state index contributed by atoms with van der Waals surface area (Å²) in [6.45, 7) is 1.72. The number of hydrogen-bond acceptors (Lipinski definition) is 4. The largest absolute Gasteiger partial charge is 0.492 e. The lowest BCUT2D eigenvalue weighted by molar-refractivity contribution is 0.281. The fourth-order valence-corrected chi connectivity index (χ4v) is 1.09. The minimum Gasteiger partial charge on any atom is -0.492 e. The Bertz CT molecular complexity index is 276. The van der Waals surface area contributed by atoms with Gasteiger partial charge in [0, 0.05) is 12.6 Å². The predicted molar refractivity (Wildman–Crippen MR) is 57.3 cm³/mol. The second-order valence-electron chi connectivity index (χ2n) is 3.46. The van der Waals surface area contributed by atoms with Gasteiger partial charge in [-0.2, -0.15) is 0 Å². The van der Waals surface area contributed by atoms with Gasteiger partial charge >= 0.3 is 0 Å². The molecule has 0 spiro atoms. The molecule has 0 amide bonds. The first-order chi connectivity index (χ1) is 6.68. The van der Waals surface area contributed by atoms with Crippen LogP contribution >= 0.6 is 0 Å². The molecule has 0 unspecified atom stereocenters. The molecule has 2 N–H and O–H groups in total. The molecule has 0 aliphatic carbocycles. The number of nitrogens with zero attached hydrogens (tertiary/aromatic N) is 2. The lowest BCUT2D eigenvalue weighted by Gasteiger charge is -2.10. The maximum atomic E-state index is 5.56. The van der Waals surface area contributed by atoms with E-state index in [-0.39, 0.29) is 0 Å². The van der Waals surface area contributed by atoms with Crippen molar-refractivity contribution in [2.75, 3.05) is 33.0 Å². The Morgan fingerprint density at radius 1 is 1.43 bits per heavy atom. The van der Waals surface area contributed by atoms with Crippen molar-refractivity contribution in [3.63, 3.8) is 0 Å². The average molecular weight is 195 g/mol. The summed E-state index contributed by atoms with van der Waals surface area (Å²) in [5, 5.41) is 0. The van der Waals surface area contributed by atoms with Crippen LogP contribution in [0.3, 0.4) is 0 Å². The van der Waals surface area contributed by atoms with Crippen molar-refractivity contribution in [2.45, 2.75) is 6.42 Å². The van der Waals surface area contributed by atoms with Crippen molar-refractivity contribution in [3.05, 3.63) is 18.5 Å². The van der Waals surface area contributed by atoms with Crippen molar-refractivity contribution >= 4 is 5.69 Å². The van der Waals surface area contributed by atoms with Crippen LogP contribution in [-0.4, -0.2) is 37.1 Å². The van der Waals surface area contributed by atoms with Crippen LogP contribution in [0.5, 0.6) is 5.75 Å². The van der Waals surface area contributed by atoms with E-state index in [9.17, 15) is 0 Å². The molecule has 1 heterocycles. The molecule has 4 nitrogen and oxygen atoms in total. The molecular weight excluding hydrogens is 178 g/mol. The summed E-state index contributed by atoms with van der Waals surface area (Å²) in [7, 11) is 4.09. The number of pyridine rings is 1. The Kier molecular flexibility index (Phi) is 4.19. The Morgan fingerprint density at radius 2 is 2.21 bits per heavy atom. The molecule has 0 radical (unpaired) electrons. The highest BCUT2D eigenvalue weighted by Crippen LogP contribution is 2.12. The van der Waals surface area contributed by atoms with Crippen LogP contribution < -0.4 is 10.5 Å². The van der Waals surface area contributed by atoms with E-state index in [2.05, 4.69) is 9.88 Å². The van der Waals surface area contributed by atoms with Gasteiger partial charge < -0.3 is 15.4 Å². The number of hydrogen-bond donors (Lipinski definition) is 1. The van der Waals surface area contributed by atoms with Gasteiger partial charge in [0.1, 0.15) is 5.75 Å². The molecule has 78 valence electrons. The zero-order valence-electron chi connectivity index (χ0n) is 8.73. The highest BCUT2D eigenvalue weighted by atomic mass is 16.5. The summed E-state index contributed by atoms with van der Waals surface area (Å²) in [4.78, 5) is 6.06. The topological polar surface area (TPSA) is 51.4 Å². The quantitative estimate of drug-likeness (QED) is 0.712. The van der Waals surface area contributed by atoms with E-state index in [4.69, 9.17) is 10.5 Å². The molecule has 0 aliphatic rings. The summed E-state index contributed by atoms with van der Waals surface area (Å²) < 4.78 is 5.47. The van der Waals surface area contributed by atoms with Gasteiger partial charge in [-0.25, -0.2) is 0 Å². The molecule has 14 heavy (non-hydrogen) atoms. The molecule has 1 aromatic heterocycles. The van der Waals surface area contributed by atoms with Gasteiger partial charge in [0.25, 0.3) is 0 Å². The summed E-state index contributed by atoms with van der Waals surface area (Å²) in [6.07, 6.45) is 4.28. The second kappa shape index (κ2) is 5.44. The third-order valence-electron chi connectivity index (χ3n) is 1.75. The number of nitrogens with two attached hydrogens (primary N) is 1. The first kappa shape index (κ1) is 10.8. The van der Waals surface area contributed by atoms with Crippen LogP contribution in [-0.2, 0) is 0 Å². The number of rotatable bonds is 5. The van der Waals surface area contributed by atoms with E-state index >= 15 is 0 Å². The zero-order valence-corrected chi connectivity index (χ0v) is 8.73. The van der Waals surface area contributed by atoms with E-state index in [0.29, 0.717) is 12.3 Å². The zero-order chi connectivity index (χ0) is 10.4. The molecule has 1 rings (SSSR count). The van der Waals surface area contributed by atoms with Gasteiger partial charge in [0.15, 0.2) is 0 Å². The van der Waals surface area contributed by atoms with E-state index in [0.717, 1.165) is 18.7 Å². The normalized spacial score (nSPS) is 10.5. The summed E-state index contributed by atoms with van der Waals surface area (Å²) in [6, 6.07) is 1.78. The first-order valence-electron chi connectivity index (χ1n) is 4.66. The second-order valence-corrected chi connectivity index (χ2v) is 3.46. The smallest absolute Gasteiger partial charge is 0.139 e. The molecule has 0 saturated heterocycles. The van der Waals surface area contributed by atoms with Crippen LogP contribution in [0.4, 0.5) is 5.69 Å². The van der Waals surface area contributed by atoms with E-state index in [1.807, 2.05) is 14.1 Å². The maximum absolute atomic E-state index is 5.56. The Morgan fingerprint density at radius 3 is 2.86 bits per heavy atom. The fraction of sp³-hybridized carbons (Fsp3) is 0.500. The van der Waals surface area contributed by atoms with E-state index in [1.54, 1.807) is 18.5 Å². The molecular formula is C10H17N3O. The standard InChI is InChI=1S/C10H17N3O/c1-13(2)4-3-5-14-10-6-9(11)7-12-8-10/h6-8H,3-5,11H2,1-2H3.